The van der Waals surface area contributed by atoms with Crippen molar-refractivity contribution in [1.29, 1.82) is 0 Å². The zero-order chi connectivity index (χ0) is 8.60. The highest BCUT2D eigenvalue weighted by Crippen LogP contribution is 2.24. The van der Waals surface area contributed by atoms with Crippen molar-refractivity contribution in [3.05, 3.63) is 16.3 Å². The van der Waals surface area contributed by atoms with E-state index in [1.165, 1.54) is 11.3 Å². The van der Waals surface area contributed by atoms with Crippen LogP contribution in [0.25, 0.3) is 0 Å². The molecule has 0 aromatic carbocycles. The van der Waals surface area contributed by atoms with Crippen LogP contribution in [0.2, 0.25) is 0 Å². The molecule has 0 saturated heterocycles. The molecule has 5 heteroatoms. The minimum Gasteiger partial charge on any atom is -0.311 e. The van der Waals surface area contributed by atoms with Gasteiger partial charge in [-0.05, 0) is 11.4 Å². The second kappa shape index (κ2) is 2.83. The Hall–Kier alpha value is -0.390. The third kappa shape index (κ3) is 1.28. The number of thiophene rings is 1. The first kappa shape index (κ1) is 8.22. The first-order valence-electron chi connectivity index (χ1n) is 3.70. The molecular weight excluding hydrogens is 194 g/mol. The molecule has 0 amide bonds. The molecule has 66 valence electrons. The summed E-state index contributed by atoms with van der Waals surface area (Å²) in [6.07, 6.45) is 0. The Bertz CT molecular complexity index is 380. The Morgan fingerprint density at radius 2 is 2.33 bits per heavy atom. The van der Waals surface area contributed by atoms with Crippen LogP contribution in [0, 0.1) is 0 Å². The number of hydrogen-bond donors (Lipinski definition) is 1. The van der Waals surface area contributed by atoms with Crippen LogP contribution in [0.1, 0.15) is 4.88 Å². The second-order valence-electron chi connectivity index (χ2n) is 2.70. The molecule has 0 saturated carbocycles. The van der Waals surface area contributed by atoms with E-state index < -0.39 is 9.84 Å². The fourth-order valence-corrected chi connectivity index (χ4v) is 3.93. The van der Waals surface area contributed by atoms with Gasteiger partial charge >= 0.3 is 0 Å². The maximum absolute atomic E-state index is 11.5. The Labute approximate surface area is 75.3 Å². The van der Waals surface area contributed by atoms with Crippen molar-refractivity contribution >= 4 is 21.2 Å². The molecular formula is C7H9NO2S2. The summed E-state index contributed by atoms with van der Waals surface area (Å²) in [6.45, 7) is 1.25. The highest BCUT2D eigenvalue weighted by atomic mass is 32.2. The first-order valence-corrected chi connectivity index (χ1v) is 6.23. The summed E-state index contributed by atoms with van der Waals surface area (Å²) in [5, 5.41) is 4.90. The predicted octanol–water partition coefficient (Wildman–Crippen LogP) is 0.625. The molecule has 0 bridgehead atoms. The highest BCUT2D eigenvalue weighted by molar-refractivity contribution is 7.91. The molecule has 1 aromatic heterocycles. The average molecular weight is 203 g/mol. The quantitative estimate of drug-likeness (QED) is 0.672. The zero-order valence-corrected chi connectivity index (χ0v) is 8.04. The molecule has 3 nitrogen and oxygen atoms in total. The van der Waals surface area contributed by atoms with Crippen LogP contribution in [-0.4, -0.2) is 20.7 Å². The van der Waals surface area contributed by atoms with Gasteiger partial charge in [0.25, 0.3) is 0 Å². The lowest BCUT2D eigenvalue weighted by atomic mass is 10.4. The number of hydrogen-bond acceptors (Lipinski definition) is 4. The van der Waals surface area contributed by atoms with Gasteiger partial charge in [0.2, 0.25) is 0 Å². The number of fused-ring (bicyclic) bond motifs is 1. The summed E-state index contributed by atoms with van der Waals surface area (Å²) in [4.78, 5) is 1.46. The molecule has 0 spiro atoms. The van der Waals surface area contributed by atoms with Gasteiger partial charge in [0.15, 0.2) is 9.84 Å². The van der Waals surface area contributed by atoms with E-state index in [2.05, 4.69) is 5.32 Å². The van der Waals surface area contributed by atoms with Crippen molar-refractivity contribution in [2.45, 2.75) is 11.4 Å². The van der Waals surface area contributed by atoms with Crippen LogP contribution >= 0.6 is 11.3 Å². The Morgan fingerprint density at radius 1 is 1.50 bits per heavy atom. The van der Waals surface area contributed by atoms with Gasteiger partial charge in [0.1, 0.15) is 0 Å². The molecule has 0 fully saturated rings. The molecule has 1 N–H and O–H groups in total. The van der Waals surface area contributed by atoms with Crippen molar-refractivity contribution < 1.29 is 8.42 Å². The van der Waals surface area contributed by atoms with E-state index in [-0.39, 0.29) is 5.75 Å². The molecule has 0 unspecified atom stereocenters. The van der Waals surface area contributed by atoms with Crippen LogP contribution < -0.4 is 5.32 Å². The number of sulfone groups is 1. The normalized spacial score (nSPS) is 21.3. The summed E-state index contributed by atoms with van der Waals surface area (Å²) in [6, 6.07) is 1.70. The van der Waals surface area contributed by atoms with Gasteiger partial charge in [-0.3, -0.25) is 0 Å². The minimum absolute atomic E-state index is 0.219. The summed E-state index contributed by atoms with van der Waals surface area (Å²) < 4.78 is 23.0. The fourth-order valence-electron chi connectivity index (χ4n) is 1.25. The molecule has 12 heavy (non-hydrogen) atoms. The smallest absolute Gasteiger partial charge is 0.180 e. The molecule has 1 aliphatic heterocycles. The van der Waals surface area contributed by atoms with E-state index in [4.69, 9.17) is 0 Å². The van der Waals surface area contributed by atoms with Gasteiger partial charge in [0, 0.05) is 18.0 Å². The molecule has 2 rings (SSSR count). The van der Waals surface area contributed by atoms with Crippen LogP contribution in [0.5, 0.6) is 0 Å². The average Bonchev–Trinajstić information content (AvgIpc) is 2.42. The lowest BCUT2D eigenvalue weighted by Crippen LogP contribution is -2.17. The van der Waals surface area contributed by atoms with Crippen LogP contribution in [-0.2, 0) is 16.4 Å². The van der Waals surface area contributed by atoms with Gasteiger partial charge in [-0.2, -0.15) is 0 Å². The summed E-state index contributed by atoms with van der Waals surface area (Å²) in [7, 11) is -2.99. The molecule has 0 aliphatic carbocycles. The fraction of sp³-hybridized carbons (Fsp3) is 0.429. The largest absolute Gasteiger partial charge is 0.311 e. The minimum atomic E-state index is -2.99. The maximum atomic E-state index is 11.5. The second-order valence-corrected chi connectivity index (χ2v) is 5.78. The van der Waals surface area contributed by atoms with E-state index in [1.807, 2.05) is 5.38 Å². The third-order valence-electron chi connectivity index (χ3n) is 1.87. The van der Waals surface area contributed by atoms with Crippen molar-refractivity contribution in [3.63, 3.8) is 0 Å². The van der Waals surface area contributed by atoms with E-state index in [0.29, 0.717) is 18.0 Å². The molecule has 0 atom stereocenters. The number of rotatable bonds is 0. The van der Waals surface area contributed by atoms with Gasteiger partial charge in [-0.1, -0.05) is 0 Å². The lowest BCUT2D eigenvalue weighted by Gasteiger charge is -1.96. The lowest BCUT2D eigenvalue weighted by molar-refractivity contribution is 0.595. The Kier molecular flexibility index (Phi) is 1.94. The highest BCUT2D eigenvalue weighted by Gasteiger charge is 2.21. The summed E-state index contributed by atoms with van der Waals surface area (Å²) >= 11 is 1.50. The van der Waals surface area contributed by atoms with E-state index in [9.17, 15) is 8.42 Å². The van der Waals surface area contributed by atoms with Crippen LogP contribution in [0.15, 0.2) is 16.3 Å². The third-order valence-corrected chi connectivity index (χ3v) is 4.72. The van der Waals surface area contributed by atoms with Crippen molar-refractivity contribution in [2.75, 3.05) is 12.3 Å². The standard InChI is InChI=1S/C7H9NO2S2/c9-12(10)4-2-8-5-6-7(12)1-3-11-6/h1,3,8H,2,4-5H2. The van der Waals surface area contributed by atoms with E-state index in [0.717, 1.165) is 4.88 Å². The van der Waals surface area contributed by atoms with Crippen LogP contribution in [0.3, 0.4) is 0 Å². The van der Waals surface area contributed by atoms with Crippen molar-refractivity contribution in [3.8, 4) is 0 Å². The monoisotopic (exact) mass is 203 g/mol. The topological polar surface area (TPSA) is 46.2 Å². The van der Waals surface area contributed by atoms with Gasteiger partial charge in [0.05, 0.1) is 10.6 Å². The van der Waals surface area contributed by atoms with E-state index in [1.54, 1.807) is 6.07 Å². The number of nitrogens with one attached hydrogen (secondary N) is 1. The zero-order valence-electron chi connectivity index (χ0n) is 6.41. The molecule has 0 radical (unpaired) electrons. The summed E-state index contributed by atoms with van der Waals surface area (Å²) in [5.41, 5.74) is 0. The maximum Gasteiger partial charge on any atom is 0.180 e. The first-order chi connectivity index (χ1) is 5.70. The molecule has 2 heterocycles. The van der Waals surface area contributed by atoms with Gasteiger partial charge in [-0.15, -0.1) is 11.3 Å². The molecule has 1 aliphatic rings. The van der Waals surface area contributed by atoms with Crippen molar-refractivity contribution in [2.24, 2.45) is 0 Å². The Balaban J connectivity index is 2.58. The SMILES string of the molecule is O=S1(=O)CCNCc2sccc21. The predicted molar refractivity (Wildman–Crippen MR) is 48.1 cm³/mol. The van der Waals surface area contributed by atoms with E-state index >= 15 is 0 Å². The van der Waals surface area contributed by atoms with Gasteiger partial charge < -0.3 is 5.32 Å². The van der Waals surface area contributed by atoms with Crippen molar-refractivity contribution in [1.82, 2.24) is 5.32 Å². The van der Waals surface area contributed by atoms with Gasteiger partial charge in [-0.25, -0.2) is 8.42 Å². The summed E-state index contributed by atoms with van der Waals surface area (Å²) in [5.74, 6) is 0.219. The molecule has 1 aromatic rings. The van der Waals surface area contributed by atoms with Crippen LogP contribution in [0.4, 0.5) is 0 Å². The Morgan fingerprint density at radius 3 is 3.17 bits per heavy atom.